The van der Waals surface area contributed by atoms with Crippen LogP contribution in [0, 0.1) is 6.92 Å². The van der Waals surface area contributed by atoms with Crippen molar-refractivity contribution in [2.24, 2.45) is 0 Å². The Morgan fingerprint density at radius 1 is 1.14 bits per heavy atom. The van der Waals surface area contributed by atoms with Gasteiger partial charge in [-0.05, 0) is 45.1 Å². The van der Waals surface area contributed by atoms with Gasteiger partial charge in [-0.25, -0.2) is 4.98 Å². The first kappa shape index (κ1) is 13.8. The van der Waals surface area contributed by atoms with Crippen molar-refractivity contribution in [3.05, 3.63) is 60.0 Å². The topological polar surface area (TPSA) is 29.3 Å². The number of aryl methyl sites for hydroxylation is 2. The molecule has 0 radical (unpaired) electrons. The number of hydrogen-bond donors (Lipinski definition) is 1. The molecule has 3 heteroatoms. The van der Waals surface area contributed by atoms with Crippen molar-refractivity contribution < 1.29 is 0 Å². The molecule has 108 valence electrons. The van der Waals surface area contributed by atoms with Crippen LogP contribution < -0.4 is 5.32 Å². The van der Waals surface area contributed by atoms with Crippen LogP contribution in [0.4, 0.5) is 0 Å². The van der Waals surface area contributed by atoms with Gasteiger partial charge in [-0.1, -0.05) is 29.8 Å². The predicted octanol–water partition coefficient (Wildman–Crippen LogP) is 3.46. The minimum Gasteiger partial charge on any atom is -0.320 e. The van der Waals surface area contributed by atoms with Crippen molar-refractivity contribution in [2.75, 3.05) is 13.6 Å². The second-order valence-electron chi connectivity index (χ2n) is 5.41. The molecule has 1 aromatic carbocycles. The van der Waals surface area contributed by atoms with Gasteiger partial charge in [0.1, 0.15) is 5.82 Å². The fourth-order valence-corrected chi connectivity index (χ4v) is 2.71. The van der Waals surface area contributed by atoms with Crippen molar-refractivity contribution in [1.82, 2.24) is 14.7 Å². The summed E-state index contributed by atoms with van der Waals surface area (Å²) < 4.78 is 2.22. The van der Waals surface area contributed by atoms with Crippen LogP contribution >= 0.6 is 0 Å². The Morgan fingerprint density at radius 2 is 2.05 bits per heavy atom. The largest absolute Gasteiger partial charge is 0.320 e. The highest BCUT2D eigenvalue weighted by molar-refractivity contribution is 5.78. The zero-order valence-electron chi connectivity index (χ0n) is 12.6. The van der Waals surface area contributed by atoms with Crippen LogP contribution in [0.25, 0.3) is 16.8 Å². The lowest BCUT2D eigenvalue weighted by Gasteiger charge is -2.00. The molecule has 1 N–H and O–H groups in total. The summed E-state index contributed by atoms with van der Waals surface area (Å²) in [4.78, 5) is 4.91. The van der Waals surface area contributed by atoms with E-state index in [1.807, 2.05) is 7.05 Å². The second-order valence-corrected chi connectivity index (χ2v) is 5.41. The number of hydrogen-bond acceptors (Lipinski definition) is 2. The van der Waals surface area contributed by atoms with Gasteiger partial charge in [0.2, 0.25) is 0 Å². The third kappa shape index (κ3) is 2.83. The predicted molar refractivity (Wildman–Crippen MR) is 87.6 cm³/mol. The highest BCUT2D eigenvalue weighted by Crippen LogP contribution is 2.26. The highest BCUT2D eigenvalue weighted by Gasteiger charge is 2.11. The minimum atomic E-state index is 0.984. The van der Waals surface area contributed by atoms with E-state index >= 15 is 0 Å². The van der Waals surface area contributed by atoms with Gasteiger partial charge >= 0.3 is 0 Å². The van der Waals surface area contributed by atoms with Crippen LogP contribution in [0.5, 0.6) is 0 Å². The number of imidazole rings is 1. The van der Waals surface area contributed by atoms with Gasteiger partial charge in [0.25, 0.3) is 0 Å². The first-order valence-electron chi connectivity index (χ1n) is 7.47. The van der Waals surface area contributed by atoms with E-state index in [9.17, 15) is 0 Å². The molecule has 21 heavy (non-hydrogen) atoms. The van der Waals surface area contributed by atoms with E-state index in [0.717, 1.165) is 30.9 Å². The maximum atomic E-state index is 4.91. The summed E-state index contributed by atoms with van der Waals surface area (Å²) in [6, 6.07) is 14.8. The Balaban J connectivity index is 2.06. The molecule has 2 heterocycles. The molecule has 3 nitrogen and oxygen atoms in total. The first-order valence-corrected chi connectivity index (χ1v) is 7.47. The molecular formula is C18H21N3. The summed E-state index contributed by atoms with van der Waals surface area (Å²) in [6.45, 7) is 3.14. The van der Waals surface area contributed by atoms with E-state index < -0.39 is 0 Å². The number of fused-ring (bicyclic) bond motifs is 1. The number of nitrogens with zero attached hydrogens (tertiary/aromatic N) is 2. The first-order chi connectivity index (χ1) is 10.3. The molecule has 3 rings (SSSR count). The van der Waals surface area contributed by atoms with E-state index in [0.29, 0.717) is 0 Å². The second kappa shape index (κ2) is 6.10. The summed E-state index contributed by atoms with van der Waals surface area (Å²) in [5.74, 6) is 1.14. The summed E-state index contributed by atoms with van der Waals surface area (Å²) in [7, 11) is 1.99. The lowest BCUT2D eigenvalue weighted by atomic mass is 10.1. The molecule has 2 aromatic heterocycles. The smallest absolute Gasteiger partial charge is 0.114 e. The molecule has 0 aliphatic rings. The van der Waals surface area contributed by atoms with E-state index in [1.165, 1.54) is 16.6 Å². The molecule has 0 saturated carbocycles. The van der Waals surface area contributed by atoms with E-state index in [2.05, 4.69) is 65.3 Å². The van der Waals surface area contributed by atoms with Crippen molar-refractivity contribution in [3.63, 3.8) is 0 Å². The average Bonchev–Trinajstić information content (AvgIpc) is 2.87. The Labute approximate surface area is 125 Å². The standard InChI is InChI=1S/C18H21N3/c1-14-7-5-8-15(13-14)18-16-9-3-4-12-21(16)17(20-18)10-6-11-19-2/h3-5,7-9,12-13,19H,6,10-11H2,1-2H3. The van der Waals surface area contributed by atoms with Gasteiger partial charge in [0, 0.05) is 18.2 Å². The lowest BCUT2D eigenvalue weighted by Crippen LogP contribution is -2.09. The van der Waals surface area contributed by atoms with Crippen LogP contribution in [-0.4, -0.2) is 23.0 Å². The molecule has 0 unspecified atom stereocenters. The normalized spacial score (nSPS) is 11.1. The van der Waals surface area contributed by atoms with Crippen molar-refractivity contribution in [1.29, 1.82) is 0 Å². The zero-order chi connectivity index (χ0) is 14.7. The van der Waals surface area contributed by atoms with Crippen molar-refractivity contribution >= 4 is 5.52 Å². The van der Waals surface area contributed by atoms with Gasteiger partial charge in [-0.15, -0.1) is 0 Å². The molecule has 0 spiro atoms. The number of pyridine rings is 1. The van der Waals surface area contributed by atoms with E-state index in [-0.39, 0.29) is 0 Å². The Morgan fingerprint density at radius 3 is 2.86 bits per heavy atom. The van der Waals surface area contributed by atoms with Crippen LogP contribution in [0.2, 0.25) is 0 Å². The molecular weight excluding hydrogens is 258 g/mol. The van der Waals surface area contributed by atoms with Gasteiger partial charge < -0.3 is 9.72 Å². The van der Waals surface area contributed by atoms with Gasteiger partial charge in [-0.2, -0.15) is 0 Å². The highest BCUT2D eigenvalue weighted by atomic mass is 15.0. The molecule has 0 aliphatic heterocycles. The number of benzene rings is 1. The Hall–Kier alpha value is -2.13. The van der Waals surface area contributed by atoms with Crippen molar-refractivity contribution in [3.8, 4) is 11.3 Å². The number of nitrogens with one attached hydrogen (secondary N) is 1. The summed E-state index contributed by atoms with van der Waals surface area (Å²) in [5.41, 5.74) is 4.72. The molecule has 3 aromatic rings. The Bertz CT molecular complexity index is 743. The van der Waals surface area contributed by atoms with Crippen molar-refractivity contribution in [2.45, 2.75) is 19.8 Å². The summed E-state index contributed by atoms with van der Waals surface area (Å²) in [5, 5.41) is 3.19. The van der Waals surface area contributed by atoms with Gasteiger partial charge in [0.15, 0.2) is 0 Å². The third-order valence-corrected chi connectivity index (χ3v) is 3.74. The zero-order valence-corrected chi connectivity index (χ0v) is 12.6. The van der Waals surface area contributed by atoms with E-state index in [1.54, 1.807) is 0 Å². The molecule has 0 aliphatic carbocycles. The van der Waals surface area contributed by atoms with Crippen LogP contribution in [0.1, 0.15) is 17.8 Å². The molecule has 0 atom stereocenters. The lowest BCUT2D eigenvalue weighted by molar-refractivity contribution is 0.701. The number of aromatic nitrogens is 2. The maximum absolute atomic E-state index is 4.91. The SMILES string of the molecule is CNCCCc1nc(-c2cccc(C)c2)c2ccccn12. The average molecular weight is 279 g/mol. The molecule has 0 fully saturated rings. The van der Waals surface area contributed by atoms with Gasteiger partial charge in [0.05, 0.1) is 11.2 Å². The quantitative estimate of drug-likeness (QED) is 0.725. The Kier molecular flexibility index (Phi) is 4.02. The summed E-state index contributed by atoms with van der Waals surface area (Å²) in [6.07, 6.45) is 4.19. The summed E-state index contributed by atoms with van der Waals surface area (Å²) >= 11 is 0. The molecule has 0 amide bonds. The van der Waals surface area contributed by atoms with Crippen LogP contribution in [0.3, 0.4) is 0 Å². The monoisotopic (exact) mass is 279 g/mol. The van der Waals surface area contributed by atoms with E-state index in [4.69, 9.17) is 4.98 Å². The maximum Gasteiger partial charge on any atom is 0.114 e. The van der Waals surface area contributed by atoms with Crippen LogP contribution in [-0.2, 0) is 6.42 Å². The fraction of sp³-hybridized carbons (Fsp3) is 0.278. The minimum absolute atomic E-state index is 0.984. The molecule has 0 saturated heterocycles. The molecule has 0 bridgehead atoms. The van der Waals surface area contributed by atoms with Crippen LogP contribution in [0.15, 0.2) is 48.7 Å². The van der Waals surface area contributed by atoms with Gasteiger partial charge in [-0.3, -0.25) is 0 Å². The number of rotatable bonds is 5. The fourth-order valence-electron chi connectivity index (χ4n) is 2.71. The third-order valence-electron chi connectivity index (χ3n) is 3.74.